The van der Waals surface area contributed by atoms with Gasteiger partial charge >= 0.3 is 0 Å². The van der Waals surface area contributed by atoms with Gasteiger partial charge in [-0.3, -0.25) is 4.79 Å². The first-order valence-corrected chi connectivity index (χ1v) is 29.9. The van der Waals surface area contributed by atoms with Crippen molar-refractivity contribution in [2.75, 3.05) is 6.61 Å². The van der Waals surface area contributed by atoms with Gasteiger partial charge in [0, 0.05) is 6.42 Å². The van der Waals surface area contributed by atoms with E-state index in [1.165, 1.54) is 154 Å². The minimum Gasteiger partial charge on any atom is -0.394 e. The molecule has 0 aromatic carbocycles. The highest BCUT2D eigenvalue weighted by atomic mass is 16.3. The summed E-state index contributed by atoms with van der Waals surface area (Å²) >= 11 is 0. The molecule has 3 N–H and O–H groups in total. The van der Waals surface area contributed by atoms with Crippen molar-refractivity contribution in [1.82, 2.24) is 5.32 Å². The largest absolute Gasteiger partial charge is 0.394 e. The summed E-state index contributed by atoms with van der Waals surface area (Å²) < 4.78 is 0. The fourth-order valence-electron chi connectivity index (χ4n) is 8.38. The van der Waals surface area contributed by atoms with Gasteiger partial charge in [-0.15, -0.1) is 0 Å². The van der Waals surface area contributed by atoms with Crippen LogP contribution < -0.4 is 5.32 Å². The molecule has 1 amide bonds. The van der Waals surface area contributed by atoms with E-state index in [0.717, 1.165) is 89.9 Å². The third-order valence-electron chi connectivity index (χ3n) is 12.9. The molecule has 0 heterocycles. The molecule has 0 aromatic rings. The van der Waals surface area contributed by atoms with Crippen molar-refractivity contribution in [1.29, 1.82) is 0 Å². The topological polar surface area (TPSA) is 69.6 Å². The standard InChI is InChI=1S/C67H113NO3/c1-3-5-7-9-11-13-15-17-19-21-23-24-25-26-27-28-29-30-31-32-33-34-35-36-37-38-39-40-41-42-43-44-45-47-49-51-53-55-57-59-61-63-67(71)68-65(64-69)66(70)62-60-58-56-54-52-50-48-46-22-20-18-16-14-12-10-8-6-4-2/h5,7,11,13,17,19,23-24,26-27,29-30,32-33,35-36,38-39,41-42,60,62,65-66,69-70H,3-4,6,8-10,12,14-16,18,20-22,25,28,31,34,37,40,43-59,61,63-64H2,1-2H3,(H,68,71)/b7-5-,13-11-,19-17-,24-23-,27-26-,30-29-,33-32-,36-35-,39-38-,42-41-,62-60+. The van der Waals surface area contributed by atoms with E-state index in [9.17, 15) is 15.0 Å². The molecule has 0 saturated heterocycles. The molecule has 4 heteroatoms. The van der Waals surface area contributed by atoms with Crippen LogP contribution in [0.4, 0.5) is 0 Å². The van der Waals surface area contributed by atoms with Crippen LogP contribution in [-0.4, -0.2) is 34.9 Å². The molecule has 0 aliphatic heterocycles. The van der Waals surface area contributed by atoms with E-state index in [0.29, 0.717) is 6.42 Å². The Labute approximate surface area is 441 Å². The van der Waals surface area contributed by atoms with Gasteiger partial charge in [0.25, 0.3) is 0 Å². The van der Waals surface area contributed by atoms with E-state index in [1.54, 1.807) is 6.08 Å². The van der Waals surface area contributed by atoms with Gasteiger partial charge in [0.2, 0.25) is 5.91 Å². The lowest BCUT2D eigenvalue weighted by molar-refractivity contribution is -0.123. The second-order valence-corrected chi connectivity index (χ2v) is 19.7. The Bertz CT molecular complexity index is 1440. The van der Waals surface area contributed by atoms with Crippen LogP contribution >= 0.6 is 0 Å². The van der Waals surface area contributed by atoms with Crippen LogP contribution in [0.15, 0.2) is 134 Å². The maximum Gasteiger partial charge on any atom is 0.220 e. The van der Waals surface area contributed by atoms with Gasteiger partial charge in [-0.1, -0.05) is 295 Å². The summed E-state index contributed by atoms with van der Waals surface area (Å²) in [5, 5.41) is 23.2. The average Bonchev–Trinajstić information content (AvgIpc) is 3.37. The number of aliphatic hydroxyl groups is 2. The van der Waals surface area contributed by atoms with Gasteiger partial charge < -0.3 is 15.5 Å². The second kappa shape index (κ2) is 60.8. The van der Waals surface area contributed by atoms with E-state index in [-0.39, 0.29) is 12.5 Å². The summed E-state index contributed by atoms with van der Waals surface area (Å²) in [4.78, 5) is 12.5. The first-order chi connectivity index (χ1) is 35.2. The predicted octanol–water partition coefficient (Wildman–Crippen LogP) is 20.2. The van der Waals surface area contributed by atoms with Crippen LogP contribution in [0.1, 0.15) is 264 Å². The fraction of sp³-hybridized carbons (Fsp3) is 0.657. The van der Waals surface area contributed by atoms with E-state index >= 15 is 0 Å². The molecule has 0 fully saturated rings. The van der Waals surface area contributed by atoms with Crippen molar-refractivity contribution in [3.63, 3.8) is 0 Å². The number of amides is 1. The first kappa shape index (κ1) is 67.5. The molecule has 0 aliphatic carbocycles. The van der Waals surface area contributed by atoms with Crippen LogP contribution in [0.3, 0.4) is 0 Å². The van der Waals surface area contributed by atoms with E-state index in [1.807, 2.05) is 6.08 Å². The Balaban J connectivity index is 3.61. The van der Waals surface area contributed by atoms with Crippen LogP contribution in [0.25, 0.3) is 0 Å². The van der Waals surface area contributed by atoms with Crippen molar-refractivity contribution in [2.24, 2.45) is 0 Å². The molecular formula is C67H113NO3. The number of nitrogens with one attached hydrogen (secondary N) is 1. The van der Waals surface area contributed by atoms with Gasteiger partial charge in [0.1, 0.15) is 0 Å². The Morgan fingerprint density at radius 1 is 0.352 bits per heavy atom. The molecule has 0 bridgehead atoms. The third kappa shape index (κ3) is 57.3. The van der Waals surface area contributed by atoms with Gasteiger partial charge in [-0.25, -0.2) is 0 Å². The van der Waals surface area contributed by atoms with E-state index in [4.69, 9.17) is 0 Å². The summed E-state index contributed by atoms with van der Waals surface area (Å²) in [7, 11) is 0. The minimum atomic E-state index is -0.849. The Morgan fingerprint density at radius 3 is 0.930 bits per heavy atom. The fourth-order valence-corrected chi connectivity index (χ4v) is 8.38. The van der Waals surface area contributed by atoms with E-state index in [2.05, 4.69) is 141 Å². The molecule has 0 aromatic heterocycles. The van der Waals surface area contributed by atoms with Crippen molar-refractivity contribution in [3.05, 3.63) is 134 Å². The number of aliphatic hydroxyl groups excluding tert-OH is 2. The van der Waals surface area contributed by atoms with Crippen LogP contribution in [0, 0.1) is 0 Å². The third-order valence-corrected chi connectivity index (χ3v) is 12.9. The highest BCUT2D eigenvalue weighted by Crippen LogP contribution is 2.16. The summed E-state index contributed by atoms with van der Waals surface area (Å²) in [5.74, 6) is -0.0724. The molecule has 0 saturated carbocycles. The molecule has 2 unspecified atom stereocenters. The smallest absolute Gasteiger partial charge is 0.220 e. The summed E-state index contributed by atoms with van der Waals surface area (Å²) in [6.07, 6.45) is 94.7. The maximum atomic E-state index is 12.5. The summed E-state index contributed by atoms with van der Waals surface area (Å²) in [6, 6.07) is -0.633. The Morgan fingerprint density at radius 2 is 0.620 bits per heavy atom. The number of allylic oxidation sites excluding steroid dienone is 21. The van der Waals surface area contributed by atoms with Crippen LogP contribution in [0.2, 0.25) is 0 Å². The zero-order chi connectivity index (χ0) is 51.3. The highest BCUT2D eigenvalue weighted by molar-refractivity contribution is 5.76. The van der Waals surface area contributed by atoms with Gasteiger partial charge in [-0.2, -0.15) is 0 Å². The van der Waals surface area contributed by atoms with Crippen molar-refractivity contribution in [3.8, 4) is 0 Å². The monoisotopic (exact) mass is 980 g/mol. The zero-order valence-electron chi connectivity index (χ0n) is 46.4. The Hall–Kier alpha value is -3.47. The number of rotatable bonds is 53. The number of hydrogen-bond donors (Lipinski definition) is 3. The lowest BCUT2D eigenvalue weighted by atomic mass is 10.0. The average molecular weight is 981 g/mol. The van der Waals surface area contributed by atoms with Gasteiger partial charge in [0.05, 0.1) is 18.8 Å². The molecule has 0 rings (SSSR count). The van der Waals surface area contributed by atoms with Gasteiger partial charge in [0.15, 0.2) is 0 Å². The summed E-state index contributed by atoms with van der Waals surface area (Å²) in [5.41, 5.74) is 0. The van der Waals surface area contributed by atoms with E-state index < -0.39 is 12.1 Å². The van der Waals surface area contributed by atoms with Crippen molar-refractivity contribution < 1.29 is 15.0 Å². The molecule has 0 spiro atoms. The van der Waals surface area contributed by atoms with Crippen LogP contribution in [0.5, 0.6) is 0 Å². The minimum absolute atomic E-state index is 0.0724. The summed E-state index contributed by atoms with van der Waals surface area (Å²) in [6.45, 7) is 4.20. The molecular weight excluding hydrogens is 867 g/mol. The normalized spacial score (nSPS) is 13.8. The Kier molecular flexibility index (Phi) is 57.9. The molecule has 4 nitrogen and oxygen atoms in total. The zero-order valence-corrected chi connectivity index (χ0v) is 46.4. The SMILES string of the molecule is CC/C=C\C/C=C\C/C=C\C/C=C\C/C=C\C/C=C\C/C=C\C/C=C\C/C=C\C/C=C\CCCCCCCCCCCCC(=O)NC(CO)C(O)/C=C/CCCCCCCCCCCCCCCCCC. The number of carbonyl (C=O) groups is 1. The maximum absolute atomic E-state index is 12.5. The van der Waals surface area contributed by atoms with Crippen molar-refractivity contribution >= 4 is 5.91 Å². The highest BCUT2D eigenvalue weighted by Gasteiger charge is 2.18. The van der Waals surface area contributed by atoms with Crippen LogP contribution in [-0.2, 0) is 4.79 Å². The second-order valence-electron chi connectivity index (χ2n) is 19.7. The molecule has 0 radical (unpaired) electrons. The quantitative estimate of drug-likeness (QED) is 0.0420. The van der Waals surface area contributed by atoms with Gasteiger partial charge in [-0.05, 0) is 96.3 Å². The van der Waals surface area contributed by atoms with Crippen molar-refractivity contribution in [2.45, 2.75) is 276 Å². The molecule has 404 valence electrons. The lowest BCUT2D eigenvalue weighted by Gasteiger charge is -2.20. The molecule has 71 heavy (non-hydrogen) atoms. The molecule has 0 aliphatic rings. The number of hydrogen-bond acceptors (Lipinski definition) is 3. The number of unbranched alkanes of at least 4 members (excludes halogenated alkanes) is 26. The first-order valence-electron chi connectivity index (χ1n) is 29.9. The predicted molar refractivity (Wildman–Crippen MR) is 317 cm³/mol. The number of carbonyl (C=O) groups excluding carboxylic acids is 1. The lowest BCUT2D eigenvalue weighted by Crippen LogP contribution is -2.45. The molecule has 2 atom stereocenters.